The smallest absolute Gasteiger partial charge is 0.129 e. The molecule has 0 aromatic heterocycles. The number of carbonyl (C=O) groups is 1. The van der Waals surface area contributed by atoms with Gasteiger partial charge in [0, 0.05) is 6.42 Å². The molecular weight excluding hydrogens is 176 g/mol. The molecule has 0 bridgehead atoms. The van der Waals surface area contributed by atoms with Gasteiger partial charge in [-0.05, 0) is 25.3 Å². The van der Waals surface area contributed by atoms with Crippen molar-refractivity contribution in [2.45, 2.75) is 32.3 Å². The normalized spacial score (nSPS) is 12.4. The largest absolute Gasteiger partial charge is 0.388 e. The molecule has 0 saturated carbocycles. The fourth-order valence-corrected chi connectivity index (χ4v) is 1.39. The van der Waals surface area contributed by atoms with Gasteiger partial charge in [0.25, 0.3) is 0 Å². The molecule has 0 amide bonds. The van der Waals surface area contributed by atoms with E-state index in [1.54, 1.807) is 6.92 Å². The Hall–Kier alpha value is -1.15. The average molecular weight is 192 g/mol. The highest BCUT2D eigenvalue weighted by molar-refractivity contribution is 5.75. The quantitative estimate of drug-likeness (QED) is 0.778. The predicted octanol–water partition coefficient (Wildman–Crippen LogP) is 2.48. The summed E-state index contributed by atoms with van der Waals surface area (Å²) in [6.45, 7) is 1.58. The summed E-state index contributed by atoms with van der Waals surface area (Å²) in [5.41, 5.74) is 0.927. The minimum Gasteiger partial charge on any atom is -0.388 e. The molecule has 0 fully saturated rings. The van der Waals surface area contributed by atoms with Crippen molar-refractivity contribution in [1.82, 2.24) is 0 Å². The number of benzene rings is 1. The number of carbonyl (C=O) groups excluding carboxylic acids is 1. The summed E-state index contributed by atoms with van der Waals surface area (Å²) in [6, 6.07) is 9.54. The van der Waals surface area contributed by atoms with Crippen molar-refractivity contribution in [1.29, 1.82) is 0 Å². The Morgan fingerprint density at radius 3 is 2.57 bits per heavy atom. The fraction of sp³-hybridized carbons (Fsp3) is 0.417. The van der Waals surface area contributed by atoms with E-state index >= 15 is 0 Å². The number of rotatable bonds is 5. The first-order valence-electron chi connectivity index (χ1n) is 4.92. The molecule has 2 heteroatoms. The molecule has 1 N–H and O–H groups in total. The molecule has 1 rings (SSSR count). The highest BCUT2D eigenvalue weighted by Gasteiger charge is 2.06. The van der Waals surface area contributed by atoms with Crippen LogP contribution in [0.4, 0.5) is 0 Å². The van der Waals surface area contributed by atoms with Crippen LogP contribution in [0.5, 0.6) is 0 Å². The summed E-state index contributed by atoms with van der Waals surface area (Å²) in [6.07, 6.45) is 1.54. The molecule has 2 nitrogen and oxygen atoms in total. The lowest BCUT2D eigenvalue weighted by molar-refractivity contribution is -0.117. The Morgan fingerprint density at radius 2 is 2.00 bits per heavy atom. The maximum Gasteiger partial charge on any atom is 0.129 e. The zero-order chi connectivity index (χ0) is 10.4. The Balaban J connectivity index is 2.36. The summed E-state index contributed by atoms with van der Waals surface area (Å²) in [5.74, 6) is 0.185. The first kappa shape index (κ1) is 10.9. The van der Waals surface area contributed by atoms with Gasteiger partial charge < -0.3 is 9.90 Å². The third-order valence-corrected chi connectivity index (χ3v) is 2.19. The van der Waals surface area contributed by atoms with Crippen LogP contribution in [0.2, 0.25) is 0 Å². The van der Waals surface area contributed by atoms with E-state index in [1.165, 1.54) is 0 Å². The van der Waals surface area contributed by atoms with Crippen LogP contribution in [0.15, 0.2) is 30.3 Å². The van der Waals surface area contributed by atoms with Gasteiger partial charge in [-0.2, -0.15) is 0 Å². The molecule has 0 radical (unpaired) electrons. The minimum absolute atomic E-state index is 0.185. The number of aliphatic hydroxyl groups is 1. The van der Waals surface area contributed by atoms with E-state index in [0.717, 1.165) is 12.0 Å². The number of aliphatic hydroxyl groups excluding tert-OH is 1. The van der Waals surface area contributed by atoms with Gasteiger partial charge in [0.15, 0.2) is 0 Å². The monoisotopic (exact) mass is 192 g/mol. The second kappa shape index (κ2) is 5.55. The molecule has 1 aromatic carbocycles. The predicted molar refractivity (Wildman–Crippen MR) is 55.9 cm³/mol. The minimum atomic E-state index is -0.435. The molecule has 1 unspecified atom stereocenters. The van der Waals surface area contributed by atoms with E-state index in [1.807, 2.05) is 30.3 Å². The van der Waals surface area contributed by atoms with Gasteiger partial charge in [-0.25, -0.2) is 0 Å². The fourth-order valence-electron chi connectivity index (χ4n) is 1.39. The summed E-state index contributed by atoms with van der Waals surface area (Å²) >= 11 is 0. The first-order chi connectivity index (χ1) is 6.70. The number of ketones is 1. The lowest BCUT2D eigenvalue weighted by Gasteiger charge is -2.09. The maximum atomic E-state index is 10.7. The molecule has 76 valence electrons. The molecular formula is C12H16O2. The summed E-state index contributed by atoms with van der Waals surface area (Å²) in [5, 5.41) is 9.72. The van der Waals surface area contributed by atoms with Gasteiger partial charge in [-0.3, -0.25) is 0 Å². The lowest BCUT2D eigenvalue weighted by Crippen LogP contribution is -1.98. The van der Waals surface area contributed by atoms with E-state index in [9.17, 15) is 9.90 Å². The zero-order valence-corrected chi connectivity index (χ0v) is 8.44. The summed E-state index contributed by atoms with van der Waals surface area (Å²) < 4.78 is 0. The third-order valence-electron chi connectivity index (χ3n) is 2.19. The van der Waals surface area contributed by atoms with Crippen molar-refractivity contribution in [3.63, 3.8) is 0 Å². The molecule has 14 heavy (non-hydrogen) atoms. The van der Waals surface area contributed by atoms with Crippen molar-refractivity contribution in [3.05, 3.63) is 35.9 Å². The van der Waals surface area contributed by atoms with Crippen LogP contribution in [0.25, 0.3) is 0 Å². The standard InChI is InChI=1S/C12H16O2/c1-10(13)6-5-9-12(14)11-7-3-2-4-8-11/h2-4,7-8,12,14H,5-6,9H2,1H3. The van der Waals surface area contributed by atoms with E-state index < -0.39 is 6.10 Å². The Bertz CT molecular complexity index is 280. The number of Topliss-reactive ketones (excluding diaryl/α,β-unsaturated/α-hetero) is 1. The highest BCUT2D eigenvalue weighted by Crippen LogP contribution is 2.18. The van der Waals surface area contributed by atoms with Gasteiger partial charge in [0.05, 0.1) is 6.10 Å². The van der Waals surface area contributed by atoms with Gasteiger partial charge in [0.1, 0.15) is 5.78 Å². The van der Waals surface area contributed by atoms with Gasteiger partial charge in [0.2, 0.25) is 0 Å². The van der Waals surface area contributed by atoms with E-state index in [4.69, 9.17) is 0 Å². The molecule has 0 spiro atoms. The molecule has 1 atom stereocenters. The highest BCUT2D eigenvalue weighted by atomic mass is 16.3. The number of hydrogen-bond donors (Lipinski definition) is 1. The van der Waals surface area contributed by atoms with Crippen molar-refractivity contribution in [3.8, 4) is 0 Å². The Labute approximate surface area is 84.6 Å². The summed E-state index contributed by atoms with van der Waals surface area (Å²) in [4.78, 5) is 10.7. The molecule has 0 saturated heterocycles. The second-order valence-electron chi connectivity index (χ2n) is 3.52. The average Bonchev–Trinajstić information content (AvgIpc) is 2.18. The van der Waals surface area contributed by atoms with E-state index in [2.05, 4.69) is 0 Å². The topological polar surface area (TPSA) is 37.3 Å². The SMILES string of the molecule is CC(=O)CCCC(O)c1ccccc1. The second-order valence-corrected chi connectivity index (χ2v) is 3.52. The molecule has 1 aromatic rings. The van der Waals surface area contributed by atoms with Gasteiger partial charge in [-0.15, -0.1) is 0 Å². The van der Waals surface area contributed by atoms with Crippen LogP contribution in [-0.4, -0.2) is 10.9 Å². The van der Waals surface area contributed by atoms with E-state index in [-0.39, 0.29) is 5.78 Å². The van der Waals surface area contributed by atoms with Crippen LogP contribution in [0, 0.1) is 0 Å². The molecule has 0 aliphatic rings. The van der Waals surface area contributed by atoms with Crippen LogP contribution < -0.4 is 0 Å². The van der Waals surface area contributed by atoms with Crippen molar-refractivity contribution in [2.24, 2.45) is 0 Å². The van der Waals surface area contributed by atoms with Crippen molar-refractivity contribution < 1.29 is 9.90 Å². The molecule has 0 heterocycles. The summed E-state index contributed by atoms with van der Waals surface area (Å²) in [7, 11) is 0. The maximum absolute atomic E-state index is 10.7. The van der Waals surface area contributed by atoms with Crippen LogP contribution in [0.3, 0.4) is 0 Å². The van der Waals surface area contributed by atoms with Gasteiger partial charge >= 0.3 is 0 Å². The Morgan fingerprint density at radius 1 is 1.36 bits per heavy atom. The van der Waals surface area contributed by atoms with E-state index in [0.29, 0.717) is 12.8 Å². The molecule has 0 aliphatic heterocycles. The van der Waals surface area contributed by atoms with Gasteiger partial charge in [-0.1, -0.05) is 30.3 Å². The molecule has 0 aliphatic carbocycles. The first-order valence-corrected chi connectivity index (χ1v) is 4.92. The lowest BCUT2D eigenvalue weighted by atomic mass is 10.0. The Kier molecular flexibility index (Phi) is 4.33. The number of hydrogen-bond acceptors (Lipinski definition) is 2. The van der Waals surface area contributed by atoms with Crippen LogP contribution in [0.1, 0.15) is 37.9 Å². The van der Waals surface area contributed by atoms with Crippen molar-refractivity contribution in [2.75, 3.05) is 0 Å². The van der Waals surface area contributed by atoms with Crippen LogP contribution in [-0.2, 0) is 4.79 Å². The van der Waals surface area contributed by atoms with Crippen LogP contribution >= 0.6 is 0 Å². The van der Waals surface area contributed by atoms with Crippen molar-refractivity contribution >= 4 is 5.78 Å². The third kappa shape index (κ3) is 3.71. The zero-order valence-electron chi connectivity index (χ0n) is 8.44.